The molecule has 0 aromatic carbocycles. The quantitative estimate of drug-likeness (QED) is 0.548. The maximum atomic E-state index is 5.79. The second kappa shape index (κ2) is 2.49. The van der Waals surface area contributed by atoms with E-state index in [0.29, 0.717) is 6.04 Å². The molecule has 1 aliphatic rings. The van der Waals surface area contributed by atoms with E-state index >= 15 is 0 Å². The largest absolute Gasteiger partial charge is 0.327 e. The first-order valence-corrected chi connectivity index (χ1v) is 3.60. The molecule has 0 heterocycles. The summed E-state index contributed by atoms with van der Waals surface area (Å²) in [4.78, 5) is 0. The molecule has 1 nitrogen and oxygen atoms in total. The molecule has 1 heteroatoms. The zero-order chi connectivity index (χ0) is 5.98. The zero-order valence-corrected chi connectivity index (χ0v) is 5.56. The molecular formula is C7H15N. The molecule has 0 bridgehead atoms. The Hall–Kier alpha value is -0.0400. The van der Waals surface area contributed by atoms with Crippen LogP contribution in [0.15, 0.2) is 0 Å². The summed E-state index contributed by atoms with van der Waals surface area (Å²) in [6, 6.07) is 0.528. The molecule has 1 unspecified atom stereocenters. The minimum absolute atomic E-state index is 0.528. The lowest BCUT2D eigenvalue weighted by molar-refractivity contribution is 0.467. The third kappa shape index (κ3) is 1.03. The van der Waals surface area contributed by atoms with E-state index in [4.69, 9.17) is 5.73 Å². The Bertz CT molecular complexity index is 70.8. The van der Waals surface area contributed by atoms with Gasteiger partial charge in [-0.1, -0.05) is 19.8 Å². The summed E-state index contributed by atoms with van der Waals surface area (Å²) in [5.41, 5.74) is 5.79. The van der Waals surface area contributed by atoms with E-state index in [1.165, 1.54) is 25.7 Å². The van der Waals surface area contributed by atoms with Crippen LogP contribution in [0.1, 0.15) is 32.6 Å². The van der Waals surface area contributed by atoms with Crippen molar-refractivity contribution in [3.63, 3.8) is 0 Å². The van der Waals surface area contributed by atoms with Crippen molar-refractivity contribution in [1.29, 1.82) is 0 Å². The molecule has 1 fully saturated rings. The first-order valence-electron chi connectivity index (χ1n) is 3.60. The monoisotopic (exact) mass is 113 g/mol. The van der Waals surface area contributed by atoms with Gasteiger partial charge in [-0.3, -0.25) is 0 Å². The van der Waals surface area contributed by atoms with Gasteiger partial charge in [0.1, 0.15) is 0 Å². The van der Waals surface area contributed by atoms with Crippen LogP contribution in [0.4, 0.5) is 0 Å². The van der Waals surface area contributed by atoms with Gasteiger partial charge in [0.15, 0.2) is 0 Å². The van der Waals surface area contributed by atoms with E-state index in [-0.39, 0.29) is 0 Å². The average Bonchev–Trinajstić information content (AvgIpc) is 2.14. The van der Waals surface area contributed by atoms with Gasteiger partial charge >= 0.3 is 0 Å². The molecule has 0 radical (unpaired) electrons. The summed E-state index contributed by atoms with van der Waals surface area (Å²) in [7, 11) is 0. The van der Waals surface area contributed by atoms with Crippen molar-refractivity contribution >= 4 is 0 Å². The Kier molecular flexibility index (Phi) is 1.90. The molecule has 8 heavy (non-hydrogen) atoms. The molecule has 0 saturated heterocycles. The topological polar surface area (TPSA) is 26.0 Å². The van der Waals surface area contributed by atoms with Gasteiger partial charge < -0.3 is 5.73 Å². The minimum Gasteiger partial charge on any atom is -0.327 e. The average molecular weight is 113 g/mol. The number of hydrogen-bond acceptors (Lipinski definition) is 1. The van der Waals surface area contributed by atoms with Crippen LogP contribution in [0, 0.1) is 5.92 Å². The van der Waals surface area contributed by atoms with Crippen molar-refractivity contribution in [3.8, 4) is 0 Å². The molecule has 1 saturated carbocycles. The van der Waals surface area contributed by atoms with Crippen molar-refractivity contribution in [2.24, 2.45) is 11.7 Å². The fourth-order valence-electron chi connectivity index (χ4n) is 1.57. The Labute approximate surface area is 51.3 Å². The summed E-state index contributed by atoms with van der Waals surface area (Å²) in [5.74, 6) is 0.843. The first-order chi connectivity index (χ1) is 3.84. The molecule has 0 spiro atoms. The van der Waals surface area contributed by atoms with Crippen LogP contribution in [-0.2, 0) is 0 Å². The summed E-state index contributed by atoms with van der Waals surface area (Å²) in [6.07, 6.45) is 5.27. The van der Waals surface area contributed by atoms with Gasteiger partial charge in [0.2, 0.25) is 0 Å². The molecular weight excluding hydrogens is 98.1 g/mol. The second-order valence-electron chi connectivity index (χ2n) is 2.76. The lowest BCUT2D eigenvalue weighted by Gasteiger charge is -2.10. The SMILES string of the molecule is CCC1CCC[C@H]1N. The first kappa shape index (κ1) is 6.09. The Morgan fingerprint density at radius 3 is 2.50 bits per heavy atom. The van der Waals surface area contributed by atoms with E-state index < -0.39 is 0 Å². The lowest BCUT2D eigenvalue weighted by atomic mass is 10.0. The van der Waals surface area contributed by atoms with E-state index in [9.17, 15) is 0 Å². The smallest absolute Gasteiger partial charge is 0.00670 e. The predicted octanol–water partition coefficient (Wildman–Crippen LogP) is 1.52. The molecule has 2 N–H and O–H groups in total. The summed E-state index contributed by atoms with van der Waals surface area (Å²) in [5, 5.41) is 0. The molecule has 0 aromatic rings. The van der Waals surface area contributed by atoms with Crippen molar-refractivity contribution < 1.29 is 0 Å². The molecule has 1 aliphatic carbocycles. The number of hydrogen-bond donors (Lipinski definition) is 1. The highest BCUT2D eigenvalue weighted by atomic mass is 14.7. The summed E-state index contributed by atoms with van der Waals surface area (Å²) >= 11 is 0. The maximum Gasteiger partial charge on any atom is 0.00670 e. The van der Waals surface area contributed by atoms with Crippen molar-refractivity contribution in [2.45, 2.75) is 38.6 Å². The lowest BCUT2D eigenvalue weighted by Crippen LogP contribution is -2.23. The zero-order valence-electron chi connectivity index (χ0n) is 5.56. The van der Waals surface area contributed by atoms with Gasteiger partial charge in [-0.2, -0.15) is 0 Å². The second-order valence-corrected chi connectivity index (χ2v) is 2.76. The fourth-order valence-corrected chi connectivity index (χ4v) is 1.57. The van der Waals surface area contributed by atoms with E-state index in [1.54, 1.807) is 0 Å². The van der Waals surface area contributed by atoms with Gasteiger partial charge in [0.25, 0.3) is 0 Å². The molecule has 2 atom stereocenters. The van der Waals surface area contributed by atoms with Crippen LogP contribution in [0.3, 0.4) is 0 Å². The molecule has 1 rings (SSSR count). The van der Waals surface area contributed by atoms with E-state index in [1.807, 2.05) is 0 Å². The Balaban J connectivity index is 2.30. The molecule has 0 amide bonds. The highest BCUT2D eigenvalue weighted by Crippen LogP contribution is 2.25. The van der Waals surface area contributed by atoms with Gasteiger partial charge in [0.05, 0.1) is 0 Å². The summed E-state index contributed by atoms with van der Waals surface area (Å²) in [6.45, 7) is 2.23. The van der Waals surface area contributed by atoms with Crippen LogP contribution in [0.25, 0.3) is 0 Å². The number of rotatable bonds is 1. The highest BCUT2D eigenvalue weighted by molar-refractivity contribution is 4.78. The summed E-state index contributed by atoms with van der Waals surface area (Å²) < 4.78 is 0. The molecule has 48 valence electrons. The van der Waals surface area contributed by atoms with Gasteiger partial charge in [-0.05, 0) is 18.8 Å². The number of nitrogens with two attached hydrogens (primary N) is 1. The van der Waals surface area contributed by atoms with E-state index in [2.05, 4.69) is 6.92 Å². The maximum absolute atomic E-state index is 5.79. The van der Waals surface area contributed by atoms with Crippen LogP contribution in [0.2, 0.25) is 0 Å². The van der Waals surface area contributed by atoms with Gasteiger partial charge in [0, 0.05) is 6.04 Å². The van der Waals surface area contributed by atoms with Gasteiger partial charge in [-0.15, -0.1) is 0 Å². The van der Waals surface area contributed by atoms with E-state index in [0.717, 1.165) is 5.92 Å². The fraction of sp³-hybridized carbons (Fsp3) is 1.00. The van der Waals surface area contributed by atoms with Crippen LogP contribution in [0.5, 0.6) is 0 Å². The highest BCUT2D eigenvalue weighted by Gasteiger charge is 2.21. The Morgan fingerprint density at radius 2 is 2.25 bits per heavy atom. The Morgan fingerprint density at radius 1 is 1.50 bits per heavy atom. The third-order valence-corrected chi connectivity index (χ3v) is 2.24. The molecule has 0 aromatic heterocycles. The van der Waals surface area contributed by atoms with Gasteiger partial charge in [-0.25, -0.2) is 0 Å². The van der Waals surface area contributed by atoms with Crippen molar-refractivity contribution in [2.75, 3.05) is 0 Å². The van der Waals surface area contributed by atoms with Crippen molar-refractivity contribution in [3.05, 3.63) is 0 Å². The predicted molar refractivity (Wildman–Crippen MR) is 35.6 cm³/mol. The van der Waals surface area contributed by atoms with Crippen molar-refractivity contribution in [1.82, 2.24) is 0 Å². The standard InChI is InChI=1S/C7H15N/c1-2-6-4-3-5-7(6)8/h6-7H,2-5,8H2,1H3/t6?,7-/m1/s1. The van der Waals surface area contributed by atoms with Crippen LogP contribution >= 0.6 is 0 Å². The van der Waals surface area contributed by atoms with Crippen LogP contribution in [-0.4, -0.2) is 6.04 Å². The minimum atomic E-state index is 0.528. The molecule has 0 aliphatic heterocycles. The van der Waals surface area contributed by atoms with Crippen LogP contribution < -0.4 is 5.73 Å². The third-order valence-electron chi connectivity index (χ3n) is 2.24. The normalized spacial score (nSPS) is 38.2.